The fraction of sp³-hybridized carbons (Fsp3) is 0.375. The first-order valence-corrected chi connectivity index (χ1v) is 13.6. The summed E-state index contributed by atoms with van der Waals surface area (Å²) in [6, 6.07) is 10.9. The van der Waals surface area contributed by atoms with Crippen LogP contribution in [0.25, 0.3) is 23.2 Å². The molecule has 4 rings (SSSR count). The molecule has 2 aromatic carbocycles. The van der Waals surface area contributed by atoms with E-state index in [-0.39, 0.29) is 23.2 Å². The van der Waals surface area contributed by atoms with Crippen molar-refractivity contribution in [1.82, 2.24) is 14.8 Å². The summed E-state index contributed by atoms with van der Waals surface area (Å²) in [6.45, 7) is 9.19. The van der Waals surface area contributed by atoms with E-state index < -0.39 is 18.6 Å². The first-order chi connectivity index (χ1) is 19.3. The van der Waals surface area contributed by atoms with Crippen LogP contribution in [0.15, 0.2) is 48.7 Å². The molecule has 41 heavy (non-hydrogen) atoms. The van der Waals surface area contributed by atoms with E-state index in [9.17, 15) is 22.8 Å². The van der Waals surface area contributed by atoms with Crippen molar-refractivity contribution in [3.8, 4) is 5.75 Å². The second-order valence-electron chi connectivity index (χ2n) is 10.7. The maximum absolute atomic E-state index is 13.5. The number of Topliss-reactive ketones (excluding diaryl/α,β-unsaturated/α-hetero) is 1. The maximum Gasteiger partial charge on any atom is 0.405 e. The molecule has 2 atom stereocenters. The molecule has 1 N–H and O–H groups in total. The minimum Gasteiger partial charge on any atom is -0.497 e. The number of amides is 1. The van der Waals surface area contributed by atoms with Gasteiger partial charge in [-0.2, -0.15) is 13.2 Å². The monoisotopic (exact) mass is 567 g/mol. The van der Waals surface area contributed by atoms with E-state index in [0.717, 1.165) is 39.2 Å². The number of allylic oxidation sites excluding steroid dienone is 1. The molecule has 0 bridgehead atoms. The summed E-state index contributed by atoms with van der Waals surface area (Å²) in [7, 11) is 3.50. The van der Waals surface area contributed by atoms with E-state index in [1.54, 1.807) is 26.2 Å². The number of aryl methyl sites for hydroxylation is 1. The van der Waals surface area contributed by atoms with Crippen LogP contribution in [-0.2, 0) is 7.05 Å². The number of hydrogen-bond acceptors (Lipinski definition) is 4. The standard InChI is InChI=1S/C32H36F3N3O3/c1-7-22(12-19(2)30(39)29-14-24-8-10-25(41-6)15-28(24)37(29)5)16-38-17-27-21(4)26(11-9-23(27)13-20(38)3)31(40)36-18-32(33,34)35/h8-11,13-15,17,19,22H,3,7,12,16,18H2,1-2,4-6H3,(H,36,40). The molecule has 0 saturated heterocycles. The fourth-order valence-electron chi connectivity index (χ4n) is 5.42. The zero-order valence-corrected chi connectivity index (χ0v) is 24.1. The summed E-state index contributed by atoms with van der Waals surface area (Å²) < 4.78 is 45.1. The number of nitrogens with one attached hydrogen (secondary N) is 1. The highest BCUT2D eigenvalue weighted by Gasteiger charge is 2.28. The van der Waals surface area contributed by atoms with Gasteiger partial charge in [-0.3, -0.25) is 9.59 Å². The van der Waals surface area contributed by atoms with Crippen LogP contribution in [0.1, 0.15) is 53.1 Å². The Hall–Kier alpha value is -4.01. The van der Waals surface area contributed by atoms with Gasteiger partial charge in [-0.25, -0.2) is 0 Å². The minimum absolute atomic E-state index is 0.0739. The average molecular weight is 568 g/mol. The molecule has 9 heteroatoms. The van der Waals surface area contributed by atoms with Crippen molar-refractivity contribution in [3.63, 3.8) is 0 Å². The summed E-state index contributed by atoms with van der Waals surface area (Å²) in [4.78, 5) is 28.0. The quantitative estimate of drug-likeness (QED) is 0.348. The van der Waals surface area contributed by atoms with Crippen LogP contribution in [0.5, 0.6) is 5.75 Å². The van der Waals surface area contributed by atoms with E-state index in [2.05, 4.69) is 13.5 Å². The SMILES string of the molecule is C=C1C=c2ccc(C(=O)NCC(F)(F)F)c(C)c2=CN1CC(CC)CC(C)C(=O)c1cc2ccc(OC)cc2n1C. The Bertz CT molecular complexity index is 1620. The predicted molar refractivity (Wildman–Crippen MR) is 155 cm³/mol. The summed E-state index contributed by atoms with van der Waals surface area (Å²) in [5, 5.41) is 4.54. The highest BCUT2D eigenvalue weighted by atomic mass is 19.4. The number of aromatic nitrogens is 1. The zero-order valence-electron chi connectivity index (χ0n) is 24.1. The van der Waals surface area contributed by atoms with Crippen LogP contribution < -0.4 is 20.5 Å². The van der Waals surface area contributed by atoms with Crippen LogP contribution in [0, 0.1) is 18.8 Å². The van der Waals surface area contributed by atoms with Crippen LogP contribution >= 0.6 is 0 Å². The molecule has 1 aliphatic rings. The van der Waals surface area contributed by atoms with Gasteiger partial charge in [0.05, 0.1) is 18.3 Å². The molecule has 0 fully saturated rings. The molecule has 3 aromatic rings. The molecule has 218 valence electrons. The second-order valence-corrected chi connectivity index (χ2v) is 10.7. The van der Waals surface area contributed by atoms with Gasteiger partial charge in [0.2, 0.25) is 0 Å². The van der Waals surface area contributed by atoms with Gasteiger partial charge < -0.3 is 19.5 Å². The van der Waals surface area contributed by atoms with Gasteiger partial charge in [0, 0.05) is 53.6 Å². The lowest BCUT2D eigenvalue weighted by Gasteiger charge is -2.29. The molecule has 1 aromatic heterocycles. The largest absolute Gasteiger partial charge is 0.497 e. The molecular formula is C32H36F3N3O3. The smallest absolute Gasteiger partial charge is 0.405 e. The summed E-state index contributed by atoms with van der Waals surface area (Å²) in [5.74, 6) is -0.00469. The Morgan fingerprint density at radius 2 is 1.88 bits per heavy atom. The van der Waals surface area contributed by atoms with Crippen molar-refractivity contribution in [2.24, 2.45) is 18.9 Å². The Kier molecular flexibility index (Phi) is 8.66. The zero-order chi connectivity index (χ0) is 30.1. The number of hydrogen-bond donors (Lipinski definition) is 1. The minimum atomic E-state index is -4.48. The van der Waals surface area contributed by atoms with Crippen LogP contribution in [0.4, 0.5) is 13.2 Å². The normalized spacial score (nSPS) is 14.6. The van der Waals surface area contributed by atoms with Gasteiger partial charge in [0.1, 0.15) is 12.3 Å². The van der Waals surface area contributed by atoms with E-state index >= 15 is 0 Å². The highest BCUT2D eigenvalue weighted by molar-refractivity contribution is 6.01. The molecule has 0 saturated carbocycles. The number of methoxy groups -OCH3 is 1. The number of nitrogens with zero attached hydrogens (tertiary/aromatic N) is 2. The fourth-order valence-corrected chi connectivity index (χ4v) is 5.42. The molecule has 1 aliphatic heterocycles. The molecule has 0 radical (unpaired) electrons. The molecule has 1 amide bonds. The topological polar surface area (TPSA) is 63.6 Å². The van der Waals surface area contributed by atoms with E-state index in [1.165, 1.54) is 0 Å². The molecule has 2 heterocycles. The van der Waals surface area contributed by atoms with Crippen molar-refractivity contribution < 1.29 is 27.5 Å². The lowest BCUT2D eigenvalue weighted by Crippen LogP contribution is -2.40. The first-order valence-electron chi connectivity index (χ1n) is 13.6. The molecule has 2 unspecified atom stereocenters. The van der Waals surface area contributed by atoms with Crippen molar-refractivity contribution in [3.05, 3.63) is 75.9 Å². The van der Waals surface area contributed by atoms with Crippen LogP contribution in [0.3, 0.4) is 0 Å². The number of ether oxygens (including phenoxy) is 1. The number of carbonyl (C=O) groups is 2. The number of ketones is 1. The number of alkyl halides is 3. The predicted octanol–water partition coefficient (Wildman–Crippen LogP) is 5.07. The van der Waals surface area contributed by atoms with Gasteiger partial charge in [0.25, 0.3) is 5.91 Å². The van der Waals surface area contributed by atoms with Crippen molar-refractivity contribution in [2.75, 3.05) is 20.2 Å². The lowest BCUT2D eigenvalue weighted by molar-refractivity contribution is -0.123. The second kappa shape index (κ2) is 11.8. The van der Waals surface area contributed by atoms with Crippen molar-refractivity contribution in [2.45, 2.75) is 39.8 Å². The first kappa shape index (κ1) is 30.0. The third kappa shape index (κ3) is 6.50. The third-order valence-electron chi connectivity index (χ3n) is 7.89. The van der Waals surface area contributed by atoms with Crippen molar-refractivity contribution >= 4 is 34.9 Å². The number of carbonyl (C=O) groups excluding carboxylic acids is 2. The summed E-state index contributed by atoms with van der Waals surface area (Å²) >= 11 is 0. The van der Waals surface area contributed by atoms with E-state index in [0.29, 0.717) is 24.2 Å². The van der Waals surface area contributed by atoms with Gasteiger partial charge in [-0.05, 0) is 60.4 Å². The van der Waals surface area contributed by atoms with Gasteiger partial charge >= 0.3 is 6.18 Å². The Labute approximate surface area is 237 Å². The van der Waals surface area contributed by atoms with Gasteiger partial charge in [-0.1, -0.05) is 32.9 Å². The Morgan fingerprint density at radius 3 is 2.54 bits per heavy atom. The summed E-state index contributed by atoms with van der Waals surface area (Å²) in [5.41, 5.74) is 3.15. The molecule has 0 spiro atoms. The number of halogens is 3. The average Bonchev–Trinajstić information content (AvgIpc) is 3.26. The van der Waals surface area contributed by atoms with Gasteiger partial charge in [-0.15, -0.1) is 0 Å². The van der Waals surface area contributed by atoms with Crippen molar-refractivity contribution in [1.29, 1.82) is 0 Å². The molecular weight excluding hydrogens is 531 g/mol. The maximum atomic E-state index is 13.5. The van der Waals surface area contributed by atoms with Gasteiger partial charge in [0.15, 0.2) is 5.78 Å². The third-order valence-corrected chi connectivity index (χ3v) is 7.89. The van der Waals surface area contributed by atoms with E-state index in [4.69, 9.17) is 4.74 Å². The number of rotatable bonds is 10. The van der Waals surface area contributed by atoms with Crippen LogP contribution in [0.2, 0.25) is 0 Å². The molecule has 0 aliphatic carbocycles. The van der Waals surface area contributed by atoms with Crippen LogP contribution in [-0.4, -0.2) is 47.5 Å². The lowest BCUT2D eigenvalue weighted by atomic mass is 9.89. The number of fused-ring (bicyclic) bond motifs is 2. The highest BCUT2D eigenvalue weighted by Crippen LogP contribution is 2.28. The summed E-state index contributed by atoms with van der Waals surface area (Å²) in [6.07, 6.45) is 0.836. The Balaban J connectivity index is 1.52. The Morgan fingerprint density at radius 1 is 1.15 bits per heavy atom. The molecule has 6 nitrogen and oxygen atoms in total. The van der Waals surface area contributed by atoms with E-state index in [1.807, 2.05) is 65.3 Å². The number of benzene rings is 2.